The van der Waals surface area contributed by atoms with Crippen LogP contribution in [-0.2, 0) is 4.79 Å². The topological polar surface area (TPSA) is 26.3 Å². The van der Waals surface area contributed by atoms with Crippen molar-refractivity contribution in [1.29, 1.82) is 0 Å². The van der Waals surface area contributed by atoms with Gasteiger partial charge in [-0.2, -0.15) is 0 Å². The molecule has 0 aromatic heterocycles. The standard InChI is InChI=1S/C20H24O2S/c1-18-9-7-15-14-6-5-13(22-4)11-16(14)23-12-19(15,2)20(18,3)10-8-17(18)21/h5-7,11H,8-10,12H2,1-4H3/t18-,19+,20-/m1/s1. The average Bonchev–Trinajstić information content (AvgIpc) is 2.79. The molecule has 23 heavy (non-hydrogen) atoms. The highest BCUT2D eigenvalue weighted by molar-refractivity contribution is 7.99. The van der Waals surface area contributed by atoms with Gasteiger partial charge < -0.3 is 4.74 Å². The minimum atomic E-state index is -0.199. The lowest BCUT2D eigenvalue weighted by atomic mass is 9.48. The predicted octanol–water partition coefficient (Wildman–Crippen LogP) is 4.97. The molecule has 0 radical (unpaired) electrons. The quantitative estimate of drug-likeness (QED) is 0.728. The first kappa shape index (κ1) is 15.3. The lowest BCUT2D eigenvalue weighted by Gasteiger charge is -2.58. The second-order valence-corrected chi connectivity index (χ2v) is 8.91. The van der Waals surface area contributed by atoms with E-state index in [0.717, 1.165) is 30.8 Å². The molecular formula is C20H24O2S. The lowest BCUT2D eigenvalue weighted by Crippen LogP contribution is -2.53. The van der Waals surface area contributed by atoms with Crippen LogP contribution in [0.2, 0.25) is 0 Å². The summed E-state index contributed by atoms with van der Waals surface area (Å²) in [5.41, 5.74) is 2.69. The highest BCUT2D eigenvalue weighted by Crippen LogP contribution is 2.70. The molecular weight excluding hydrogens is 304 g/mol. The van der Waals surface area contributed by atoms with Gasteiger partial charge in [0.2, 0.25) is 0 Å². The molecule has 1 aromatic rings. The Morgan fingerprint density at radius 3 is 2.70 bits per heavy atom. The second kappa shape index (κ2) is 4.66. The molecule has 2 nitrogen and oxygen atoms in total. The van der Waals surface area contributed by atoms with Crippen LogP contribution in [0, 0.1) is 16.2 Å². The van der Waals surface area contributed by atoms with Crippen molar-refractivity contribution in [3.63, 3.8) is 0 Å². The molecule has 4 rings (SSSR count). The molecule has 0 bridgehead atoms. The van der Waals surface area contributed by atoms with Crippen molar-refractivity contribution in [2.24, 2.45) is 16.2 Å². The maximum Gasteiger partial charge on any atom is 0.139 e. The van der Waals surface area contributed by atoms with E-state index in [9.17, 15) is 4.79 Å². The van der Waals surface area contributed by atoms with Crippen LogP contribution in [0.3, 0.4) is 0 Å². The Morgan fingerprint density at radius 2 is 1.96 bits per heavy atom. The highest BCUT2D eigenvalue weighted by atomic mass is 32.2. The predicted molar refractivity (Wildman–Crippen MR) is 94.9 cm³/mol. The van der Waals surface area contributed by atoms with Gasteiger partial charge in [0.1, 0.15) is 11.5 Å². The van der Waals surface area contributed by atoms with Crippen molar-refractivity contribution in [1.82, 2.24) is 0 Å². The summed E-state index contributed by atoms with van der Waals surface area (Å²) in [6.45, 7) is 6.95. The molecule has 3 atom stereocenters. The van der Waals surface area contributed by atoms with Gasteiger partial charge >= 0.3 is 0 Å². The molecule has 2 aliphatic carbocycles. The number of ether oxygens (including phenoxy) is 1. The molecule has 3 aliphatic rings. The van der Waals surface area contributed by atoms with Crippen molar-refractivity contribution < 1.29 is 9.53 Å². The number of carbonyl (C=O) groups excluding carboxylic acids is 1. The fourth-order valence-electron chi connectivity index (χ4n) is 5.11. The molecule has 1 aliphatic heterocycles. The van der Waals surface area contributed by atoms with Gasteiger partial charge in [-0.3, -0.25) is 4.79 Å². The Balaban J connectivity index is 1.89. The first-order valence-corrected chi connectivity index (χ1v) is 9.39. The van der Waals surface area contributed by atoms with E-state index >= 15 is 0 Å². The SMILES string of the molecule is COc1ccc2c(c1)SC[C@@]1(C)C2=CC[C@]2(C)C(=O)CC[C@@]12C. The molecule has 0 spiro atoms. The van der Waals surface area contributed by atoms with E-state index in [1.54, 1.807) is 7.11 Å². The van der Waals surface area contributed by atoms with Gasteiger partial charge in [-0.25, -0.2) is 0 Å². The fourth-order valence-corrected chi connectivity index (χ4v) is 6.56. The van der Waals surface area contributed by atoms with Crippen LogP contribution in [0.25, 0.3) is 5.57 Å². The number of benzene rings is 1. The van der Waals surface area contributed by atoms with Crippen LogP contribution in [0.5, 0.6) is 5.75 Å². The smallest absolute Gasteiger partial charge is 0.139 e. The Hall–Kier alpha value is -1.22. The third-order valence-corrected chi connectivity index (χ3v) is 8.58. The van der Waals surface area contributed by atoms with Gasteiger partial charge in [0.05, 0.1) is 7.11 Å². The molecule has 1 aromatic carbocycles. The third-order valence-electron chi connectivity index (χ3n) is 7.21. The first-order chi connectivity index (χ1) is 10.9. The van der Waals surface area contributed by atoms with Crippen LogP contribution in [-0.4, -0.2) is 18.6 Å². The zero-order chi connectivity index (χ0) is 16.5. The summed E-state index contributed by atoms with van der Waals surface area (Å²) in [6, 6.07) is 6.41. The Morgan fingerprint density at radius 1 is 1.17 bits per heavy atom. The molecule has 0 saturated heterocycles. The van der Waals surface area contributed by atoms with Crippen molar-refractivity contribution >= 4 is 23.1 Å². The van der Waals surface area contributed by atoms with E-state index < -0.39 is 0 Å². The number of hydrogen-bond donors (Lipinski definition) is 0. The third kappa shape index (κ3) is 1.69. The number of carbonyl (C=O) groups is 1. The van der Waals surface area contributed by atoms with Gasteiger partial charge in [0.25, 0.3) is 0 Å². The zero-order valence-corrected chi connectivity index (χ0v) is 15.2. The summed E-state index contributed by atoms with van der Waals surface area (Å²) in [4.78, 5) is 13.9. The summed E-state index contributed by atoms with van der Waals surface area (Å²) in [5.74, 6) is 2.42. The van der Waals surface area contributed by atoms with Crippen LogP contribution in [0.15, 0.2) is 29.2 Å². The normalized spacial score (nSPS) is 38.4. The molecule has 3 heteroatoms. The average molecular weight is 328 g/mol. The Kier molecular flexibility index (Phi) is 3.10. The minimum absolute atomic E-state index is 0.0474. The number of rotatable bonds is 1. The molecule has 0 N–H and O–H groups in total. The van der Waals surface area contributed by atoms with Crippen LogP contribution < -0.4 is 4.74 Å². The highest BCUT2D eigenvalue weighted by Gasteiger charge is 2.65. The summed E-state index contributed by atoms with van der Waals surface area (Å²) in [7, 11) is 1.72. The van der Waals surface area contributed by atoms with Crippen molar-refractivity contribution in [3.8, 4) is 5.75 Å². The van der Waals surface area contributed by atoms with Gasteiger partial charge in [-0.15, -0.1) is 11.8 Å². The second-order valence-electron chi connectivity index (χ2n) is 7.89. The van der Waals surface area contributed by atoms with E-state index in [-0.39, 0.29) is 16.2 Å². The van der Waals surface area contributed by atoms with Gasteiger partial charge in [-0.1, -0.05) is 26.8 Å². The number of hydrogen-bond acceptors (Lipinski definition) is 3. The Bertz CT molecular complexity index is 737. The lowest BCUT2D eigenvalue weighted by molar-refractivity contribution is -0.131. The maximum atomic E-state index is 12.6. The van der Waals surface area contributed by atoms with Crippen molar-refractivity contribution in [2.45, 2.75) is 44.9 Å². The van der Waals surface area contributed by atoms with Gasteiger partial charge in [0, 0.05) is 27.9 Å². The van der Waals surface area contributed by atoms with E-state index in [0.29, 0.717) is 5.78 Å². The monoisotopic (exact) mass is 328 g/mol. The van der Waals surface area contributed by atoms with Gasteiger partial charge in [-0.05, 0) is 47.6 Å². The van der Waals surface area contributed by atoms with Gasteiger partial charge in [0.15, 0.2) is 0 Å². The van der Waals surface area contributed by atoms with Crippen LogP contribution in [0.1, 0.15) is 45.6 Å². The van der Waals surface area contributed by atoms with E-state index in [4.69, 9.17) is 4.74 Å². The summed E-state index contributed by atoms with van der Waals surface area (Å²) in [5, 5.41) is 0. The van der Waals surface area contributed by atoms with Crippen molar-refractivity contribution in [3.05, 3.63) is 29.8 Å². The molecule has 1 saturated carbocycles. The summed E-state index contributed by atoms with van der Waals surface area (Å²) in [6.07, 6.45) is 4.99. The van der Waals surface area contributed by atoms with E-state index in [1.807, 2.05) is 11.8 Å². The molecule has 0 unspecified atom stereocenters. The zero-order valence-electron chi connectivity index (χ0n) is 14.4. The largest absolute Gasteiger partial charge is 0.497 e. The number of Topliss-reactive ketones (excluding diaryl/α,β-unsaturated/α-hetero) is 1. The van der Waals surface area contributed by atoms with E-state index in [1.165, 1.54) is 16.0 Å². The molecule has 122 valence electrons. The number of allylic oxidation sites excluding steroid dienone is 2. The fraction of sp³-hybridized carbons (Fsp3) is 0.550. The molecule has 1 heterocycles. The minimum Gasteiger partial charge on any atom is -0.497 e. The number of methoxy groups -OCH3 is 1. The van der Waals surface area contributed by atoms with Crippen molar-refractivity contribution in [2.75, 3.05) is 12.9 Å². The molecule has 0 amide bonds. The first-order valence-electron chi connectivity index (χ1n) is 8.41. The maximum absolute atomic E-state index is 12.6. The van der Waals surface area contributed by atoms with Crippen LogP contribution >= 0.6 is 11.8 Å². The van der Waals surface area contributed by atoms with Crippen LogP contribution in [0.4, 0.5) is 0 Å². The number of ketones is 1. The number of thioether (sulfide) groups is 1. The molecule has 1 fully saturated rings. The van der Waals surface area contributed by atoms with E-state index in [2.05, 4.69) is 45.0 Å². The number of fused-ring (bicyclic) bond motifs is 5. The summed E-state index contributed by atoms with van der Waals surface area (Å²) >= 11 is 1.92. The Labute approximate surface area is 142 Å². The summed E-state index contributed by atoms with van der Waals surface area (Å²) < 4.78 is 5.38.